The van der Waals surface area contributed by atoms with Gasteiger partial charge in [0.25, 0.3) is 6.29 Å². The molecule has 0 spiro atoms. The average molecular weight is 274 g/mol. The molecule has 8 heteroatoms. The number of methoxy groups -OCH3 is 1. The van der Waals surface area contributed by atoms with E-state index in [9.17, 15) is 9.59 Å². The first-order valence-electron chi connectivity index (χ1n) is 5.92. The Bertz CT molecular complexity index is 396. The molecule has 0 aromatic heterocycles. The van der Waals surface area contributed by atoms with E-state index in [0.717, 1.165) is 0 Å². The van der Waals surface area contributed by atoms with Crippen LogP contribution >= 0.6 is 0 Å². The van der Waals surface area contributed by atoms with E-state index in [0.29, 0.717) is 0 Å². The van der Waals surface area contributed by atoms with E-state index in [1.165, 1.54) is 14.0 Å². The van der Waals surface area contributed by atoms with Crippen molar-refractivity contribution in [3.63, 3.8) is 0 Å². The summed E-state index contributed by atoms with van der Waals surface area (Å²) in [5.74, 6) is -0.866. The highest BCUT2D eigenvalue weighted by molar-refractivity contribution is 5.79. The van der Waals surface area contributed by atoms with E-state index < -0.39 is 37.0 Å². The number of rotatable bonds is 2. The number of carbonyl (C=O) groups excluding carboxylic acids is 2. The van der Waals surface area contributed by atoms with Gasteiger partial charge in [-0.25, -0.2) is 4.79 Å². The second kappa shape index (κ2) is 4.80. The van der Waals surface area contributed by atoms with Gasteiger partial charge in [-0.05, 0) is 6.92 Å². The molecule has 0 aromatic rings. The van der Waals surface area contributed by atoms with Crippen LogP contribution in [0.2, 0.25) is 0 Å². The van der Waals surface area contributed by atoms with Gasteiger partial charge in [-0.2, -0.15) is 0 Å². The minimum atomic E-state index is -1.12. The number of hydrogen-bond donors (Lipinski definition) is 0. The van der Waals surface area contributed by atoms with Crippen LogP contribution in [0.3, 0.4) is 0 Å². The van der Waals surface area contributed by atoms with E-state index >= 15 is 0 Å². The van der Waals surface area contributed by atoms with Crippen molar-refractivity contribution in [2.45, 2.75) is 44.1 Å². The summed E-state index contributed by atoms with van der Waals surface area (Å²) in [7, 11) is 1.24. The molecule has 0 bridgehead atoms. The summed E-state index contributed by atoms with van der Waals surface area (Å²) in [6.45, 7) is 1.60. The Morgan fingerprint density at radius 1 is 1.05 bits per heavy atom. The molecule has 6 unspecified atom stereocenters. The van der Waals surface area contributed by atoms with Gasteiger partial charge in [-0.15, -0.1) is 0 Å². The molecule has 3 fully saturated rings. The molecule has 0 amide bonds. The summed E-state index contributed by atoms with van der Waals surface area (Å²) in [4.78, 5) is 22.6. The average Bonchev–Trinajstić information content (AvgIpc) is 2.94. The Labute approximate surface area is 108 Å². The van der Waals surface area contributed by atoms with Gasteiger partial charge in [0, 0.05) is 0 Å². The molecule has 0 aromatic carbocycles. The quantitative estimate of drug-likeness (QED) is 0.590. The van der Waals surface area contributed by atoms with Crippen LogP contribution in [0.4, 0.5) is 0 Å². The van der Waals surface area contributed by atoms with Gasteiger partial charge in [0.15, 0.2) is 12.1 Å². The van der Waals surface area contributed by atoms with Crippen molar-refractivity contribution >= 4 is 11.8 Å². The molecule has 0 aliphatic carbocycles. The third-order valence-corrected chi connectivity index (χ3v) is 3.22. The molecule has 19 heavy (non-hydrogen) atoms. The molecule has 6 atom stereocenters. The predicted octanol–water partition coefficient (Wildman–Crippen LogP) is -1.04. The van der Waals surface area contributed by atoms with Crippen molar-refractivity contribution < 1.29 is 38.0 Å². The molecule has 106 valence electrons. The second-order valence-electron chi connectivity index (χ2n) is 4.51. The zero-order valence-electron chi connectivity index (χ0n) is 10.4. The third-order valence-electron chi connectivity index (χ3n) is 3.22. The first kappa shape index (κ1) is 12.9. The highest BCUT2D eigenvalue weighted by Gasteiger charge is 2.57. The van der Waals surface area contributed by atoms with Crippen LogP contribution in [0.5, 0.6) is 0 Å². The summed E-state index contributed by atoms with van der Waals surface area (Å²) in [5.41, 5.74) is 0. The van der Waals surface area contributed by atoms with E-state index in [2.05, 4.69) is 4.74 Å². The molecule has 0 saturated carbocycles. The van der Waals surface area contributed by atoms with Crippen LogP contribution in [-0.4, -0.2) is 62.7 Å². The monoisotopic (exact) mass is 274 g/mol. The number of Topliss-reactive ketones (excluding diaryl/α,β-unsaturated/α-hetero) is 1. The first-order chi connectivity index (χ1) is 9.10. The van der Waals surface area contributed by atoms with Crippen LogP contribution in [0.25, 0.3) is 0 Å². The highest BCUT2D eigenvalue weighted by Crippen LogP contribution is 2.37. The van der Waals surface area contributed by atoms with Crippen LogP contribution in [0.15, 0.2) is 0 Å². The van der Waals surface area contributed by atoms with Crippen molar-refractivity contribution in [1.29, 1.82) is 0 Å². The topological polar surface area (TPSA) is 89.5 Å². The molecule has 3 aliphatic rings. The summed E-state index contributed by atoms with van der Waals surface area (Å²) in [6, 6.07) is 0. The summed E-state index contributed by atoms with van der Waals surface area (Å²) < 4.78 is 31.5. The van der Waals surface area contributed by atoms with Gasteiger partial charge >= 0.3 is 5.97 Å². The Balaban J connectivity index is 1.69. The fourth-order valence-corrected chi connectivity index (χ4v) is 2.33. The van der Waals surface area contributed by atoms with Crippen LogP contribution in [0, 0.1) is 0 Å². The van der Waals surface area contributed by atoms with Crippen LogP contribution in [-0.2, 0) is 38.0 Å². The number of carbonyl (C=O) groups is 2. The minimum Gasteiger partial charge on any atom is -0.465 e. The zero-order chi connectivity index (χ0) is 13.6. The fourth-order valence-electron chi connectivity index (χ4n) is 2.33. The molecular formula is C11H14O8. The molecule has 3 heterocycles. The third kappa shape index (κ3) is 2.15. The molecule has 0 radical (unpaired) electrons. The Hall–Kier alpha value is -1.06. The number of fused-ring (bicyclic) bond motifs is 3. The minimum absolute atomic E-state index is 0.220. The smallest absolute Gasteiger partial charge is 0.363 e. The maximum atomic E-state index is 11.3. The fraction of sp³-hybridized carbons (Fsp3) is 0.818. The standard InChI is InChI=1S/C11H14O8/c1-4(12)9-15-3-5-6(17-9)7-10(16-5)19-11(18-7)8(13)14-2/h5-7,9-11H,3H2,1-2H3. The first-order valence-corrected chi connectivity index (χ1v) is 5.92. The van der Waals surface area contributed by atoms with E-state index in [1.807, 2.05) is 0 Å². The molecule has 3 rings (SSSR count). The van der Waals surface area contributed by atoms with Gasteiger partial charge in [0.1, 0.15) is 18.3 Å². The van der Waals surface area contributed by atoms with Gasteiger partial charge in [-0.3, -0.25) is 4.79 Å². The molecule has 8 nitrogen and oxygen atoms in total. The van der Waals surface area contributed by atoms with Crippen molar-refractivity contribution in [3.05, 3.63) is 0 Å². The maximum Gasteiger partial charge on any atom is 0.363 e. The number of hydrogen-bond acceptors (Lipinski definition) is 8. The Morgan fingerprint density at radius 3 is 2.47 bits per heavy atom. The lowest BCUT2D eigenvalue weighted by Crippen LogP contribution is -2.48. The maximum absolute atomic E-state index is 11.3. The lowest BCUT2D eigenvalue weighted by molar-refractivity contribution is -0.260. The highest BCUT2D eigenvalue weighted by atomic mass is 16.9. The van der Waals surface area contributed by atoms with E-state index in [-0.39, 0.29) is 18.5 Å². The SMILES string of the molecule is COC(=O)C1OC2OC3COC(C(C)=O)OC3C2O1. The van der Waals surface area contributed by atoms with Crippen molar-refractivity contribution in [2.24, 2.45) is 0 Å². The lowest BCUT2D eigenvalue weighted by atomic mass is 10.1. The summed E-state index contributed by atoms with van der Waals surface area (Å²) >= 11 is 0. The molecule has 3 saturated heterocycles. The predicted molar refractivity (Wildman–Crippen MR) is 55.7 cm³/mol. The summed E-state index contributed by atoms with van der Waals surface area (Å²) in [6.07, 6.45) is -4.20. The number of esters is 1. The van der Waals surface area contributed by atoms with Gasteiger partial charge in [0.05, 0.1) is 13.7 Å². The second-order valence-corrected chi connectivity index (χ2v) is 4.51. The summed E-state index contributed by atoms with van der Waals surface area (Å²) in [5, 5.41) is 0. The molecule has 3 aliphatic heterocycles. The lowest BCUT2D eigenvalue weighted by Gasteiger charge is -2.31. The van der Waals surface area contributed by atoms with Gasteiger partial charge in [0.2, 0.25) is 6.29 Å². The van der Waals surface area contributed by atoms with Gasteiger partial charge in [-0.1, -0.05) is 0 Å². The van der Waals surface area contributed by atoms with Crippen molar-refractivity contribution in [3.8, 4) is 0 Å². The van der Waals surface area contributed by atoms with E-state index in [4.69, 9.17) is 23.7 Å². The normalized spacial score (nSPS) is 44.5. The van der Waals surface area contributed by atoms with Crippen molar-refractivity contribution in [2.75, 3.05) is 13.7 Å². The Morgan fingerprint density at radius 2 is 1.79 bits per heavy atom. The van der Waals surface area contributed by atoms with Gasteiger partial charge < -0.3 is 28.4 Å². The Kier molecular flexibility index (Phi) is 3.27. The van der Waals surface area contributed by atoms with E-state index in [1.54, 1.807) is 0 Å². The van der Waals surface area contributed by atoms with Crippen LogP contribution in [0.1, 0.15) is 6.92 Å². The largest absolute Gasteiger partial charge is 0.465 e. The van der Waals surface area contributed by atoms with Crippen molar-refractivity contribution in [1.82, 2.24) is 0 Å². The van der Waals surface area contributed by atoms with Crippen LogP contribution < -0.4 is 0 Å². The number of ether oxygens (including phenoxy) is 6. The zero-order valence-corrected chi connectivity index (χ0v) is 10.4. The molecular weight excluding hydrogens is 260 g/mol. The number of ketones is 1. The molecule has 0 N–H and O–H groups in total.